The molecule has 6 nitrogen and oxygen atoms in total. The molecule has 9 heteroatoms. The van der Waals surface area contributed by atoms with Crippen molar-refractivity contribution in [3.05, 3.63) is 23.4 Å². The number of halogens is 3. The van der Waals surface area contributed by atoms with Crippen LogP contribution in [0.1, 0.15) is 31.9 Å². The Balaban J connectivity index is 2.56. The third-order valence-corrected chi connectivity index (χ3v) is 2.31. The van der Waals surface area contributed by atoms with Gasteiger partial charge in [-0.05, 0) is 26.8 Å². The van der Waals surface area contributed by atoms with Gasteiger partial charge in [0.25, 0.3) is 0 Å². The minimum Gasteiger partial charge on any atom is -0.475 e. The molecule has 0 aliphatic carbocycles. The van der Waals surface area contributed by atoms with Crippen molar-refractivity contribution in [2.24, 2.45) is 0 Å². The summed E-state index contributed by atoms with van der Waals surface area (Å²) in [5.41, 5.74) is -2.01. The van der Waals surface area contributed by atoms with Crippen molar-refractivity contribution in [1.82, 2.24) is 10.3 Å². The summed E-state index contributed by atoms with van der Waals surface area (Å²) in [7, 11) is 0. The topological polar surface area (TPSA) is 84.2 Å². The minimum absolute atomic E-state index is 0.0441. The van der Waals surface area contributed by atoms with Gasteiger partial charge in [0.15, 0.2) is 0 Å². The molecule has 0 radical (unpaired) electrons. The number of nitrogens with zero attached hydrogens (tertiary/aromatic N) is 2. The van der Waals surface area contributed by atoms with Crippen LogP contribution in [0.5, 0.6) is 5.88 Å². The number of nitrogens with one attached hydrogen (secondary N) is 1. The van der Waals surface area contributed by atoms with Crippen LogP contribution in [0.15, 0.2) is 12.3 Å². The first-order chi connectivity index (χ1) is 10.5. The van der Waals surface area contributed by atoms with Crippen molar-refractivity contribution in [3.8, 4) is 11.9 Å². The van der Waals surface area contributed by atoms with Crippen LogP contribution in [-0.2, 0) is 10.9 Å². The molecular formula is C14H16F3N3O3. The predicted octanol–water partition coefficient (Wildman–Crippen LogP) is 2.88. The van der Waals surface area contributed by atoms with Crippen LogP contribution in [0.3, 0.4) is 0 Å². The van der Waals surface area contributed by atoms with Crippen LogP contribution in [0.2, 0.25) is 0 Å². The van der Waals surface area contributed by atoms with Crippen molar-refractivity contribution >= 4 is 6.09 Å². The summed E-state index contributed by atoms with van der Waals surface area (Å²) < 4.78 is 47.6. The van der Waals surface area contributed by atoms with Crippen LogP contribution in [0.4, 0.5) is 18.0 Å². The zero-order chi connectivity index (χ0) is 17.7. The van der Waals surface area contributed by atoms with E-state index in [4.69, 9.17) is 14.7 Å². The van der Waals surface area contributed by atoms with Gasteiger partial charge in [0, 0.05) is 6.20 Å². The van der Waals surface area contributed by atoms with E-state index in [1.165, 1.54) is 0 Å². The van der Waals surface area contributed by atoms with Crippen LogP contribution >= 0.6 is 0 Å². The van der Waals surface area contributed by atoms with Crippen molar-refractivity contribution in [2.75, 3.05) is 13.2 Å². The van der Waals surface area contributed by atoms with Crippen molar-refractivity contribution < 1.29 is 27.4 Å². The van der Waals surface area contributed by atoms with E-state index in [0.717, 1.165) is 0 Å². The summed E-state index contributed by atoms with van der Waals surface area (Å²) >= 11 is 0. The van der Waals surface area contributed by atoms with Gasteiger partial charge in [0.05, 0.1) is 12.1 Å². The number of alkyl halides is 3. The predicted molar refractivity (Wildman–Crippen MR) is 73.7 cm³/mol. The molecule has 0 bridgehead atoms. The molecule has 1 aromatic heterocycles. The molecule has 0 aliphatic rings. The average Bonchev–Trinajstić information content (AvgIpc) is 2.40. The fourth-order valence-corrected chi connectivity index (χ4v) is 1.42. The molecule has 0 aliphatic heterocycles. The van der Waals surface area contributed by atoms with Crippen molar-refractivity contribution in [1.29, 1.82) is 5.26 Å². The maximum atomic E-state index is 12.5. The molecule has 0 saturated heterocycles. The number of carbonyl (C=O) groups excluding carboxylic acids is 1. The monoisotopic (exact) mass is 331 g/mol. The first-order valence-corrected chi connectivity index (χ1v) is 6.60. The molecule has 126 valence electrons. The molecule has 1 heterocycles. The van der Waals surface area contributed by atoms with E-state index in [1.54, 1.807) is 26.8 Å². The number of nitriles is 1. The third kappa shape index (κ3) is 6.42. The standard InChI is InChI=1S/C14H16F3N3O3/c1-13(2,3)23-12(21)19-4-5-22-11-9(7-18)6-10(8-20-11)14(15,16)17/h6,8H,4-5H2,1-3H3,(H,19,21). The first-order valence-electron chi connectivity index (χ1n) is 6.60. The number of aromatic nitrogens is 1. The van der Waals surface area contributed by atoms with E-state index in [1.807, 2.05) is 0 Å². The van der Waals surface area contributed by atoms with Crippen molar-refractivity contribution in [3.63, 3.8) is 0 Å². The average molecular weight is 331 g/mol. The molecular weight excluding hydrogens is 315 g/mol. The van der Waals surface area contributed by atoms with E-state index in [2.05, 4.69) is 10.3 Å². The molecule has 23 heavy (non-hydrogen) atoms. The van der Waals surface area contributed by atoms with Gasteiger partial charge >= 0.3 is 12.3 Å². The normalized spacial score (nSPS) is 11.5. The summed E-state index contributed by atoms with van der Waals surface area (Å²) in [6.45, 7) is 5.08. The molecule has 1 N–H and O–H groups in total. The Morgan fingerprint density at radius 3 is 2.57 bits per heavy atom. The van der Waals surface area contributed by atoms with E-state index in [-0.39, 0.29) is 24.6 Å². The molecule has 0 spiro atoms. The molecule has 0 unspecified atom stereocenters. The van der Waals surface area contributed by atoms with Crippen LogP contribution in [-0.4, -0.2) is 29.8 Å². The van der Waals surface area contributed by atoms with E-state index >= 15 is 0 Å². The van der Waals surface area contributed by atoms with Gasteiger partial charge < -0.3 is 14.8 Å². The van der Waals surface area contributed by atoms with Crippen LogP contribution < -0.4 is 10.1 Å². The number of hydrogen-bond acceptors (Lipinski definition) is 5. The number of amides is 1. The molecule has 1 rings (SSSR count). The highest BCUT2D eigenvalue weighted by atomic mass is 19.4. The third-order valence-electron chi connectivity index (χ3n) is 2.31. The Morgan fingerprint density at radius 1 is 1.39 bits per heavy atom. The quantitative estimate of drug-likeness (QED) is 0.858. The molecule has 0 saturated carbocycles. The number of carbonyl (C=O) groups is 1. The lowest BCUT2D eigenvalue weighted by Crippen LogP contribution is -2.34. The Morgan fingerprint density at radius 2 is 2.04 bits per heavy atom. The highest BCUT2D eigenvalue weighted by Gasteiger charge is 2.32. The van der Waals surface area contributed by atoms with Gasteiger partial charge in [0.2, 0.25) is 5.88 Å². The highest BCUT2D eigenvalue weighted by molar-refractivity contribution is 5.67. The summed E-state index contributed by atoms with van der Waals surface area (Å²) in [4.78, 5) is 14.8. The number of alkyl carbamates (subject to hydrolysis) is 1. The Hall–Kier alpha value is -2.50. The van der Waals surface area contributed by atoms with Gasteiger partial charge in [-0.25, -0.2) is 9.78 Å². The van der Waals surface area contributed by atoms with Gasteiger partial charge in [-0.1, -0.05) is 0 Å². The molecule has 0 aromatic carbocycles. The fourth-order valence-electron chi connectivity index (χ4n) is 1.42. The minimum atomic E-state index is -4.59. The lowest BCUT2D eigenvalue weighted by atomic mass is 10.2. The van der Waals surface area contributed by atoms with Gasteiger partial charge in [-0.2, -0.15) is 18.4 Å². The second-order valence-electron chi connectivity index (χ2n) is 5.46. The summed E-state index contributed by atoms with van der Waals surface area (Å²) in [5, 5.41) is 11.3. The van der Waals surface area contributed by atoms with Crippen LogP contribution in [0, 0.1) is 11.3 Å². The summed E-state index contributed by atoms with van der Waals surface area (Å²) in [6, 6.07) is 2.25. The molecule has 1 aromatic rings. The summed E-state index contributed by atoms with van der Waals surface area (Å²) in [6.07, 6.45) is -4.66. The fraction of sp³-hybridized carbons (Fsp3) is 0.500. The lowest BCUT2D eigenvalue weighted by molar-refractivity contribution is -0.137. The first kappa shape index (κ1) is 18.5. The van der Waals surface area contributed by atoms with E-state index in [9.17, 15) is 18.0 Å². The second kappa shape index (κ2) is 7.17. The zero-order valence-corrected chi connectivity index (χ0v) is 12.8. The van der Waals surface area contributed by atoms with Gasteiger partial charge in [-0.3, -0.25) is 0 Å². The highest BCUT2D eigenvalue weighted by Crippen LogP contribution is 2.30. The van der Waals surface area contributed by atoms with Gasteiger partial charge in [0.1, 0.15) is 23.8 Å². The molecule has 1 amide bonds. The van der Waals surface area contributed by atoms with Gasteiger partial charge in [-0.15, -0.1) is 0 Å². The number of hydrogen-bond donors (Lipinski definition) is 1. The lowest BCUT2D eigenvalue weighted by Gasteiger charge is -2.19. The summed E-state index contributed by atoms with van der Waals surface area (Å²) in [5.74, 6) is -0.230. The largest absolute Gasteiger partial charge is 0.475 e. The molecule has 0 fully saturated rings. The molecule has 0 atom stereocenters. The Kier molecular flexibility index (Phi) is 5.79. The zero-order valence-electron chi connectivity index (χ0n) is 12.8. The van der Waals surface area contributed by atoms with Crippen molar-refractivity contribution in [2.45, 2.75) is 32.5 Å². The second-order valence-corrected chi connectivity index (χ2v) is 5.46. The Bertz CT molecular complexity index is 604. The number of ether oxygens (including phenoxy) is 2. The maximum absolute atomic E-state index is 12.5. The smallest absolute Gasteiger partial charge is 0.417 e. The van der Waals surface area contributed by atoms with E-state index < -0.39 is 23.4 Å². The SMILES string of the molecule is CC(C)(C)OC(=O)NCCOc1ncc(C(F)(F)F)cc1C#N. The maximum Gasteiger partial charge on any atom is 0.417 e. The Labute approximate surface area is 131 Å². The van der Waals surface area contributed by atoms with Crippen LogP contribution in [0.25, 0.3) is 0 Å². The van der Waals surface area contributed by atoms with E-state index in [0.29, 0.717) is 12.3 Å². The number of rotatable bonds is 4. The number of pyridine rings is 1.